The van der Waals surface area contributed by atoms with Crippen molar-refractivity contribution in [2.45, 2.75) is 39.0 Å². The van der Waals surface area contributed by atoms with Crippen LogP contribution in [0.25, 0.3) is 0 Å². The Balaban J connectivity index is 2.11. The van der Waals surface area contributed by atoms with Gasteiger partial charge in [-0.05, 0) is 30.3 Å². The summed E-state index contributed by atoms with van der Waals surface area (Å²) in [4.78, 5) is 15.2. The lowest BCUT2D eigenvalue weighted by molar-refractivity contribution is 0.0789. The maximum atomic E-state index is 12.6. The Hall–Kier alpha value is -0.490. The number of aromatic nitrogens is 2. The lowest BCUT2D eigenvalue weighted by Crippen LogP contribution is -2.30. The molecule has 0 aromatic carbocycles. The number of likely N-dealkylation sites (tertiary alicyclic amines) is 1. The number of nitrogens with zero attached hydrogens (tertiary/aromatic N) is 3. The smallest absolute Gasteiger partial charge is 0.267 e. The first-order valence-electron chi connectivity index (χ1n) is 6.61. The summed E-state index contributed by atoms with van der Waals surface area (Å²) in [7, 11) is 0. The van der Waals surface area contributed by atoms with E-state index in [1.807, 2.05) is 4.90 Å². The van der Waals surface area contributed by atoms with Crippen LogP contribution < -0.4 is 0 Å². The van der Waals surface area contributed by atoms with Crippen molar-refractivity contribution in [3.63, 3.8) is 0 Å². The number of rotatable bonds is 3. The van der Waals surface area contributed by atoms with E-state index in [2.05, 4.69) is 46.3 Å². The highest BCUT2D eigenvalue weighted by molar-refractivity contribution is 9.09. The van der Waals surface area contributed by atoms with Gasteiger partial charge in [0.1, 0.15) is 4.88 Å². The second-order valence-electron chi connectivity index (χ2n) is 6.08. The fourth-order valence-electron chi connectivity index (χ4n) is 2.37. The van der Waals surface area contributed by atoms with E-state index in [-0.39, 0.29) is 11.3 Å². The summed E-state index contributed by atoms with van der Waals surface area (Å²) in [5, 5.41) is 5.16. The van der Waals surface area contributed by atoms with Crippen LogP contribution in [0.2, 0.25) is 0 Å². The zero-order chi connectivity index (χ0) is 14.0. The molecule has 0 spiro atoms. The quantitative estimate of drug-likeness (QED) is 0.790. The number of halogens is 1. The predicted octanol–water partition coefficient (Wildman–Crippen LogP) is 3.08. The molecule has 1 aliphatic rings. The molecular formula is C13H20BrN3OS. The molecular weight excluding hydrogens is 326 g/mol. The number of carbonyl (C=O) groups excluding carboxylic acids is 1. The molecule has 106 valence electrons. The molecule has 4 nitrogen and oxygen atoms in total. The van der Waals surface area contributed by atoms with Crippen molar-refractivity contribution in [2.75, 3.05) is 18.4 Å². The van der Waals surface area contributed by atoms with Crippen molar-refractivity contribution < 1.29 is 4.79 Å². The van der Waals surface area contributed by atoms with E-state index in [1.54, 1.807) is 0 Å². The Labute approximate surface area is 126 Å². The molecule has 1 saturated heterocycles. The Morgan fingerprint density at radius 1 is 1.53 bits per heavy atom. The maximum absolute atomic E-state index is 12.6. The molecule has 6 heteroatoms. The Morgan fingerprint density at radius 2 is 2.26 bits per heavy atom. The largest absolute Gasteiger partial charge is 0.338 e. The van der Waals surface area contributed by atoms with Gasteiger partial charge in [-0.15, -0.1) is 5.10 Å². The van der Waals surface area contributed by atoms with E-state index in [0.29, 0.717) is 10.8 Å². The fraction of sp³-hybridized carbons (Fsp3) is 0.769. The van der Waals surface area contributed by atoms with Crippen molar-refractivity contribution in [2.24, 2.45) is 5.92 Å². The predicted molar refractivity (Wildman–Crippen MR) is 81.0 cm³/mol. The van der Waals surface area contributed by atoms with Gasteiger partial charge in [0.05, 0.1) is 5.69 Å². The number of alkyl halides is 1. The van der Waals surface area contributed by atoms with Gasteiger partial charge in [0.2, 0.25) is 0 Å². The first kappa shape index (κ1) is 14.9. The average molecular weight is 346 g/mol. The highest BCUT2D eigenvalue weighted by atomic mass is 79.9. The molecule has 0 bridgehead atoms. The molecule has 0 saturated carbocycles. The summed E-state index contributed by atoms with van der Waals surface area (Å²) in [6.07, 6.45) is 2.24. The molecule has 0 N–H and O–H groups in total. The van der Waals surface area contributed by atoms with Gasteiger partial charge in [-0.25, -0.2) is 0 Å². The minimum atomic E-state index is -0.132. The van der Waals surface area contributed by atoms with Crippen LogP contribution in [0.3, 0.4) is 0 Å². The van der Waals surface area contributed by atoms with E-state index in [9.17, 15) is 4.79 Å². The van der Waals surface area contributed by atoms with Gasteiger partial charge in [0.15, 0.2) is 0 Å². The minimum Gasteiger partial charge on any atom is -0.338 e. The SMILES string of the molecule is CC(C)(C)c1nnsc1C(=O)N1CCC(CCBr)C1. The van der Waals surface area contributed by atoms with E-state index in [1.165, 1.54) is 11.5 Å². The van der Waals surface area contributed by atoms with Crippen LogP contribution in [0.5, 0.6) is 0 Å². The monoisotopic (exact) mass is 345 g/mol. The van der Waals surface area contributed by atoms with Crippen LogP contribution in [0.15, 0.2) is 0 Å². The topological polar surface area (TPSA) is 46.1 Å². The molecule has 0 aliphatic carbocycles. The summed E-state index contributed by atoms with van der Waals surface area (Å²) in [6.45, 7) is 7.93. The summed E-state index contributed by atoms with van der Waals surface area (Å²) in [6, 6.07) is 0. The van der Waals surface area contributed by atoms with Gasteiger partial charge >= 0.3 is 0 Å². The van der Waals surface area contributed by atoms with Gasteiger partial charge in [-0.1, -0.05) is 41.2 Å². The number of hydrogen-bond donors (Lipinski definition) is 0. The number of carbonyl (C=O) groups is 1. The highest BCUT2D eigenvalue weighted by Gasteiger charge is 2.32. The number of amides is 1. The lowest BCUT2D eigenvalue weighted by Gasteiger charge is -2.20. The zero-order valence-corrected chi connectivity index (χ0v) is 14.1. The van der Waals surface area contributed by atoms with Crippen LogP contribution >= 0.6 is 27.5 Å². The highest BCUT2D eigenvalue weighted by Crippen LogP contribution is 2.29. The standard InChI is InChI=1S/C13H20BrN3OS/c1-13(2,3)11-10(19-16-15-11)12(18)17-7-5-9(8-17)4-6-14/h9H,4-8H2,1-3H3. The molecule has 1 atom stereocenters. The van der Waals surface area contributed by atoms with Crippen molar-refractivity contribution in [3.8, 4) is 0 Å². The van der Waals surface area contributed by atoms with Gasteiger partial charge in [0.25, 0.3) is 5.91 Å². The number of hydrogen-bond acceptors (Lipinski definition) is 4. The van der Waals surface area contributed by atoms with Gasteiger partial charge < -0.3 is 4.90 Å². The molecule has 1 amide bonds. The van der Waals surface area contributed by atoms with Crippen LogP contribution in [0, 0.1) is 5.92 Å². The molecule has 1 fully saturated rings. The summed E-state index contributed by atoms with van der Waals surface area (Å²) in [5.74, 6) is 0.735. The van der Waals surface area contributed by atoms with Crippen molar-refractivity contribution in [1.82, 2.24) is 14.5 Å². The third-order valence-corrected chi connectivity index (χ3v) is 4.65. The van der Waals surface area contributed by atoms with Gasteiger partial charge in [-0.3, -0.25) is 4.79 Å². The second-order valence-corrected chi connectivity index (χ2v) is 7.63. The average Bonchev–Trinajstić information content (AvgIpc) is 2.95. The van der Waals surface area contributed by atoms with Crippen molar-refractivity contribution in [1.29, 1.82) is 0 Å². The molecule has 1 aromatic heterocycles. The molecule has 1 aromatic rings. The first-order valence-corrected chi connectivity index (χ1v) is 8.51. The Bertz CT molecular complexity index is 455. The fourth-order valence-corrected chi connectivity index (χ4v) is 3.86. The molecule has 2 rings (SSSR count). The molecule has 1 unspecified atom stereocenters. The van der Waals surface area contributed by atoms with Crippen molar-refractivity contribution >= 4 is 33.4 Å². The third kappa shape index (κ3) is 3.34. The zero-order valence-electron chi connectivity index (χ0n) is 11.6. The van der Waals surface area contributed by atoms with Gasteiger partial charge in [0, 0.05) is 23.8 Å². The molecule has 1 aliphatic heterocycles. The normalized spacial score (nSPS) is 20.0. The van der Waals surface area contributed by atoms with Crippen LogP contribution in [-0.4, -0.2) is 38.8 Å². The Morgan fingerprint density at radius 3 is 2.89 bits per heavy atom. The lowest BCUT2D eigenvalue weighted by atomic mass is 9.91. The second kappa shape index (κ2) is 5.87. The summed E-state index contributed by atoms with van der Waals surface area (Å²) < 4.78 is 3.97. The van der Waals surface area contributed by atoms with E-state index >= 15 is 0 Å². The van der Waals surface area contributed by atoms with E-state index < -0.39 is 0 Å². The maximum Gasteiger partial charge on any atom is 0.267 e. The Kier molecular flexibility index (Phi) is 4.61. The summed E-state index contributed by atoms with van der Waals surface area (Å²) in [5.41, 5.74) is 0.693. The van der Waals surface area contributed by atoms with Crippen molar-refractivity contribution in [3.05, 3.63) is 10.6 Å². The van der Waals surface area contributed by atoms with E-state index in [0.717, 1.165) is 37.0 Å². The molecule has 2 heterocycles. The minimum absolute atomic E-state index is 0.108. The molecule has 0 radical (unpaired) electrons. The van der Waals surface area contributed by atoms with Crippen LogP contribution in [0.4, 0.5) is 0 Å². The van der Waals surface area contributed by atoms with Crippen LogP contribution in [0.1, 0.15) is 49.0 Å². The third-order valence-electron chi connectivity index (χ3n) is 3.48. The van der Waals surface area contributed by atoms with Gasteiger partial charge in [-0.2, -0.15) is 0 Å². The van der Waals surface area contributed by atoms with Crippen LogP contribution in [-0.2, 0) is 5.41 Å². The van der Waals surface area contributed by atoms with E-state index in [4.69, 9.17) is 0 Å². The first-order chi connectivity index (χ1) is 8.93. The molecule has 19 heavy (non-hydrogen) atoms. The summed E-state index contributed by atoms with van der Waals surface area (Å²) >= 11 is 4.70.